The third kappa shape index (κ3) is 4.57. The number of carbonyl (C=O) groups is 1. The number of para-hydroxylation sites is 1. The molecule has 0 amide bonds. The van der Waals surface area contributed by atoms with E-state index in [1.54, 1.807) is 0 Å². The van der Waals surface area contributed by atoms with E-state index in [-0.39, 0.29) is 5.78 Å². The van der Waals surface area contributed by atoms with Gasteiger partial charge in [0.25, 0.3) is 0 Å². The molecule has 1 aliphatic heterocycles. The van der Waals surface area contributed by atoms with Gasteiger partial charge < -0.3 is 9.15 Å². The van der Waals surface area contributed by atoms with Crippen molar-refractivity contribution < 1.29 is 13.9 Å². The number of fused-ring (bicyclic) bond motifs is 1. The summed E-state index contributed by atoms with van der Waals surface area (Å²) in [6, 6.07) is 21.6. The molecule has 0 spiro atoms. The van der Waals surface area contributed by atoms with Crippen LogP contribution in [0.5, 0.6) is 5.75 Å². The number of hydrogen-bond donors (Lipinski definition) is 0. The number of ether oxygens (including phenoxy) is 1. The molecule has 2 heterocycles. The van der Waals surface area contributed by atoms with Crippen molar-refractivity contribution in [3.8, 4) is 17.1 Å². The summed E-state index contributed by atoms with van der Waals surface area (Å²) in [5, 5.41) is 0.836. The van der Waals surface area contributed by atoms with Crippen LogP contribution in [0.1, 0.15) is 39.9 Å². The van der Waals surface area contributed by atoms with Crippen molar-refractivity contribution in [3.05, 3.63) is 89.0 Å². The van der Waals surface area contributed by atoms with E-state index in [0.717, 1.165) is 34.4 Å². The van der Waals surface area contributed by atoms with Gasteiger partial charge in [-0.3, -0.25) is 9.69 Å². The van der Waals surface area contributed by atoms with Crippen molar-refractivity contribution in [1.29, 1.82) is 0 Å². The molecule has 0 unspecified atom stereocenters. The highest BCUT2D eigenvalue weighted by Gasteiger charge is 2.23. The molecule has 5 rings (SSSR count). The maximum atomic E-state index is 13.7. The standard InChI is InChI=1S/C29H29NO3/c1-20-17-21(2)19-23(18-20)28(31)27-25-7-3-4-8-26(25)33-29(27)22-9-11-24(12-10-22)32-16-15-30-13-5-6-14-30/h3-4,7-12,17-19H,5-6,13-16H2,1-2H3. The van der Waals surface area contributed by atoms with E-state index in [1.807, 2.05) is 74.5 Å². The maximum Gasteiger partial charge on any atom is 0.197 e. The fourth-order valence-electron chi connectivity index (χ4n) is 4.73. The summed E-state index contributed by atoms with van der Waals surface area (Å²) in [4.78, 5) is 16.1. The van der Waals surface area contributed by atoms with E-state index in [9.17, 15) is 4.79 Å². The molecule has 33 heavy (non-hydrogen) atoms. The molecule has 1 aliphatic rings. The minimum absolute atomic E-state index is 0.0207. The molecule has 0 bridgehead atoms. The minimum Gasteiger partial charge on any atom is -0.492 e. The molecule has 1 aromatic heterocycles. The fourth-order valence-corrected chi connectivity index (χ4v) is 4.73. The number of nitrogens with zero attached hydrogens (tertiary/aromatic N) is 1. The highest BCUT2D eigenvalue weighted by Crippen LogP contribution is 2.36. The first-order valence-electron chi connectivity index (χ1n) is 11.7. The third-order valence-electron chi connectivity index (χ3n) is 6.30. The summed E-state index contributed by atoms with van der Waals surface area (Å²) in [6.07, 6.45) is 2.57. The van der Waals surface area contributed by atoms with Crippen molar-refractivity contribution in [1.82, 2.24) is 4.90 Å². The van der Waals surface area contributed by atoms with E-state index >= 15 is 0 Å². The van der Waals surface area contributed by atoms with E-state index < -0.39 is 0 Å². The van der Waals surface area contributed by atoms with E-state index in [0.29, 0.717) is 29.1 Å². The molecule has 0 saturated carbocycles. The van der Waals surface area contributed by atoms with E-state index in [2.05, 4.69) is 11.0 Å². The lowest BCUT2D eigenvalue weighted by atomic mass is 9.95. The maximum absolute atomic E-state index is 13.7. The van der Waals surface area contributed by atoms with Gasteiger partial charge in [0.15, 0.2) is 5.78 Å². The van der Waals surface area contributed by atoms with Crippen molar-refractivity contribution in [2.24, 2.45) is 0 Å². The Labute approximate surface area is 194 Å². The average Bonchev–Trinajstić information content (AvgIpc) is 3.46. The van der Waals surface area contributed by atoms with Crippen LogP contribution < -0.4 is 4.74 Å². The molecule has 4 heteroatoms. The minimum atomic E-state index is -0.0207. The second-order valence-corrected chi connectivity index (χ2v) is 8.93. The van der Waals surface area contributed by atoms with Crippen molar-refractivity contribution in [2.45, 2.75) is 26.7 Å². The van der Waals surface area contributed by atoms with Gasteiger partial charge in [0.1, 0.15) is 23.7 Å². The molecule has 4 nitrogen and oxygen atoms in total. The molecular formula is C29H29NO3. The Morgan fingerprint density at radius 1 is 0.939 bits per heavy atom. The highest BCUT2D eigenvalue weighted by molar-refractivity contribution is 6.19. The summed E-state index contributed by atoms with van der Waals surface area (Å²) in [5.41, 5.74) is 5.02. The number of ketones is 1. The smallest absolute Gasteiger partial charge is 0.197 e. The number of furan rings is 1. The van der Waals surface area contributed by atoms with Gasteiger partial charge in [0.2, 0.25) is 0 Å². The molecule has 0 N–H and O–H groups in total. The zero-order chi connectivity index (χ0) is 22.8. The zero-order valence-corrected chi connectivity index (χ0v) is 19.3. The summed E-state index contributed by atoms with van der Waals surface area (Å²) >= 11 is 0. The highest BCUT2D eigenvalue weighted by atomic mass is 16.5. The average molecular weight is 440 g/mol. The SMILES string of the molecule is Cc1cc(C)cc(C(=O)c2c(-c3ccc(OCCN4CCCC4)cc3)oc3ccccc23)c1. The normalized spacial score (nSPS) is 14.1. The largest absolute Gasteiger partial charge is 0.492 e. The molecule has 4 aromatic rings. The Kier molecular flexibility index (Phi) is 6.01. The van der Waals surface area contributed by atoms with Crippen LogP contribution in [-0.2, 0) is 0 Å². The quantitative estimate of drug-likeness (QED) is 0.312. The lowest BCUT2D eigenvalue weighted by Gasteiger charge is -2.15. The number of benzene rings is 3. The van der Waals surface area contributed by atoms with Crippen LogP contribution in [0.15, 0.2) is 71.1 Å². The Balaban J connectivity index is 1.45. The van der Waals surface area contributed by atoms with Gasteiger partial charge in [-0.05, 0) is 82.2 Å². The number of rotatable bonds is 7. The first-order chi connectivity index (χ1) is 16.1. The van der Waals surface area contributed by atoms with Crippen molar-refractivity contribution >= 4 is 16.8 Å². The molecule has 0 radical (unpaired) electrons. The van der Waals surface area contributed by atoms with Gasteiger partial charge in [-0.1, -0.05) is 35.4 Å². The van der Waals surface area contributed by atoms with Crippen LogP contribution in [0.3, 0.4) is 0 Å². The van der Waals surface area contributed by atoms with Gasteiger partial charge in [0, 0.05) is 23.1 Å². The number of likely N-dealkylation sites (tertiary alicyclic amines) is 1. The van der Waals surface area contributed by atoms with Crippen LogP contribution in [0.25, 0.3) is 22.3 Å². The van der Waals surface area contributed by atoms with Crippen molar-refractivity contribution in [3.63, 3.8) is 0 Å². The Morgan fingerprint density at radius 2 is 1.64 bits per heavy atom. The first-order valence-corrected chi connectivity index (χ1v) is 11.7. The summed E-state index contributed by atoms with van der Waals surface area (Å²) in [5.74, 6) is 1.41. The van der Waals surface area contributed by atoms with Crippen molar-refractivity contribution in [2.75, 3.05) is 26.2 Å². The molecule has 1 saturated heterocycles. The van der Waals surface area contributed by atoms with E-state index in [1.165, 1.54) is 25.9 Å². The monoisotopic (exact) mass is 439 g/mol. The van der Waals surface area contributed by atoms with Crippen LogP contribution in [0, 0.1) is 13.8 Å². The van der Waals surface area contributed by atoms with Crippen LogP contribution in [0.2, 0.25) is 0 Å². The van der Waals surface area contributed by atoms with Crippen LogP contribution in [-0.4, -0.2) is 36.9 Å². The lowest BCUT2D eigenvalue weighted by Crippen LogP contribution is -2.25. The van der Waals surface area contributed by atoms with Gasteiger partial charge >= 0.3 is 0 Å². The topological polar surface area (TPSA) is 42.7 Å². The van der Waals surface area contributed by atoms with Gasteiger partial charge in [-0.25, -0.2) is 0 Å². The number of hydrogen-bond acceptors (Lipinski definition) is 4. The Hall–Kier alpha value is -3.37. The molecule has 3 aromatic carbocycles. The molecular weight excluding hydrogens is 410 g/mol. The summed E-state index contributed by atoms with van der Waals surface area (Å²) in [7, 11) is 0. The van der Waals surface area contributed by atoms with E-state index in [4.69, 9.17) is 9.15 Å². The molecule has 1 fully saturated rings. The van der Waals surface area contributed by atoms with Gasteiger partial charge in [0.05, 0.1) is 5.56 Å². The molecule has 0 atom stereocenters. The third-order valence-corrected chi connectivity index (χ3v) is 6.30. The predicted molar refractivity (Wildman–Crippen MR) is 132 cm³/mol. The molecule has 0 aliphatic carbocycles. The second-order valence-electron chi connectivity index (χ2n) is 8.93. The Morgan fingerprint density at radius 3 is 2.36 bits per heavy atom. The van der Waals surface area contributed by atoms with Gasteiger partial charge in [-0.15, -0.1) is 0 Å². The first kappa shape index (κ1) is 21.5. The zero-order valence-electron chi connectivity index (χ0n) is 19.3. The van der Waals surface area contributed by atoms with Gasteiger partial charge in [-0.2, -0.15) is 0 Å². The second kappa shape index (κ2) is 9.24. The lowest BCUT2D eigenvalue weighted by molar-refractivity contribution is 0.104. The number of aryl methyl sites for hydroxylation is 2. The Bertz CT molecular complexity index is 1260. The summed E-state index contributed by atoms with van der Waals surface area (Å²) < 4.78 is 12.2. The fraction of sp³-hybridized carbons (Fsp3) is 0.276. The number of carbonyl (C=O) groups excluding carboxylic acids is 1. The molecule has 168 valence electrons. The predicted octanol–water partition coefficient (Wildman–Crippen LogP) is 6.42. The van der Waals surface area contributed by atoms with Crippen LogP contribution >= 0.6 is 0 Å². The summed E-state index contributed by atoms with van der Waals surface area (Å²) in [6.45, 7) is 8.01. The van der Waals surface area contributed by atoms with Crippen LogP contribution in [0.4, 0.5) is 0 Å².